The molecule has 1 saturated heterocycles. The number of ether oxygens (including phenoxy) is 1. The molecule has 1 aliphatic heterocycles. The summed E-state index contributed by atoms with van der Waals surface area (Å²) in [6.45, 7) is 3.69. The average Bonchev–Trinajstić information content (AvgIpc) is 2.79. The number of rotatable bonds is 5. The molecule has 0 spiro atoms. The molecule has 2 aromatic heterocycles. The van der Waals surface area contributed by atoms with Crippen LogP contribution in [0.15, 0.2) is 60.8 Å². The topological polar surface area (TPSA) is 55.3 Å². The maximum Gasteiger partial charge on any atom is 0.213 e. The van der Waals surface area contributed by atoms with E-state index in [0.29, 0.717) is 17.2 Å². The van der Waals surface area contributed by atoms with Crippen molar-refractivity contribution in [3.05, 3.63) is 83.3 Å². The van der Waals surface area contributed by atoms with Crippen LogP contribution in [-0.2, 0) is 0 Å². The van der Waals surface area contributed by atoms with Crippen LogP contribution in [0.2, 0.25) is 0 Å². The number of carbonyl (C=O) groups is 1. The monoisotopic (exact) mass is 387 g/mol. The fourth-order valence-corrected chi connectivity index (χ4v) is 3.92. The summed E-state index contributed by atoms with van der Waals surface area (Å²) < 4.78 is 5.27. The fraction of sp³-hybridized carbons (Fsp3) is 0.292. The van der Waals surface area contributed by atoms with Gasteiger partial charge in [-0.3, -0.25) is 9.78 Å². The van der Waals surface area contributed by atoms with Crippen molar-refractivity contribution < 1.29 is 9.53 Å². The number of piperidine rings is 1. The number of carbonyl (C=O) groups excluding carboxylic acids is 1. The second-order valence-corrected chi connectivity index (χ2v) is 7.40. The summed E-state index contributed by atoms with van der Waals surface area (Å²) in [5, 5.41) is 0. The van der Waals surface area contributed by atoms with Crippen LogP contribution in [0.4, 0.5) is 5.82 Å². The molecule has 1 fully saturated rings. The molecule has 29 heavy (non-hydrogen) atoms. The van der Waals surface area contributed by atoms with Crippen molar-refractivity contribution in [2.45, 2.75) is 25.7 Å². The number of aromatic nitrogens is 2. The zero-order valence-electron chi connectivity index (χ0n) is 16.8. The van der Waals surface area contributed by atoms with Gasteiger partial charge >= 0.3 is 0 Å². The molecule has 4 rings (SSSR count). The van der Waals surface area contributed by atoms with Crippen LogP contribution in [-0.4, -0.2) is 36.0 Å². The van der Waals surface area contributed by atoms with Crippen LogP contribution in [0.3, 0.4) is 0 Å². The molecule has 1 aliphatic rings. The zero-order chi connectivity index (χ0) is 20.2. The van der Waals surface area contributed by atoms with Gasteiger partial charge in [0.25, 0.3) is 0 Å². The lowest BCUT2D eigenvalue weighted by atomic mass is 9.90. The lowest BCUT2D eigenvalue weighted by molar-refractivity contribution is 0.103. The van der Waals surface area contributed by atoms with Crippen LogP contribution in [0.1, 0.15) is 46.1 Å². The summed E-state index contributed by atoms with van der Waals surface area (Å²) in [5.41, 5.74) is 3.10. The van der Waals surface area contributed by atoms with E-state index < -0.39 is 0 Å². The predicted molar refractivity (Wildman–Crippen MR) is 114 cm³/mol. The maximum absolute atomic E-state index is 12.9. The number of nitrogens with zero attached hydrogens (tertiary/aromatic N) is 3. The van der Waals surface area contributed by atoms with Crippen molar-refractivity contribution >= 4 is 11.6 Å². The Bertz CT molecular complexity index is 1000. The van der Waals surface area contributed by atoms with E-state index in [1.807, 2.05) is 31.2 Å². The highest BCUT2D eigenvalue weighted by Gasteiger charge is 2.23. The summed E-state index contributed by atoms with van der Waals surface area (Å²) >= 11 is 0. The Morgan fingerprint density at radius 1 is 1.10 bits per heavy atom. The molecule has 0 radical (unpaired) electrons. The van der Waals surface area contributed by atoms with Crippen molar-refractivity contribution in [3.8, 4) is 5.75 Å². The number of ketones is 1. The second-order valence-electron chi connectivity index (χ2n) is 7.40. The Morgan fingerprint density at radius 3 is 2.69 bits per heavy atom. The lowest BCUT2D eigenvalue weighted by Crippen LogP contribution is -2.35. The number of hydrogen-bond donors (Lipinski definition) is 0. The van der Waals surface area contributed by atoms with Gasteiger partial charge in [0.15, 0.2) is 0 Å². The number of methoxy groups -OCH3 is 1. The van der Waals surface area contributed by atoms with E-state index in [1.54, 1.807) is 31.5 Å². The third-order valence-electron chi connectivity index (χ3n) is 5.55. The first kappa shape index (κ1) is 19.1. The molecule has 148 valence electrons. The van der Waals surface area contributed by atoms with Gasteiger partial charge in [-0.2, -0.15) is 0 Å². The molecule has 1 aromatic carbocycles. The molecule has 3 aromatic rings. The normalized spacial score (nSPS) is 16.5. The Balaban J connectivity index is 1.54. The average molecular weight is 387 g/mol. The first-order valence-electron chi connectivity index (χ1n) is 9.98. The maximum atomic E-state index is 12.9. The standard InChI is InChI=1S/C24H25N3O2/c1-17-21(7-4-14-25-17)24(28)22-8-3-9-23(26-22)27-15-5-6-19(16-27)18-10-12-20(29-2)13-11-18/h3-4,7-14,19H,5-6,15-16H2,1-2H3. The van der Waals surface area contributed by atoms with Gasteiger partial charge in [-0.05, 0) is 61.7 Å². The van der Waals surface area contributed by atoms with Crippen LogP contribution in [0.25, 0.3) is 0 Å². The molecule has 0 bridgehead atoms. The number of aryl methyl sites for hydroxylation is 1. The van der Waals surface area contributed by atoms with E-state index >= 15 is 0 Å². The Kier molecular flexibility index (Phi) is 5.56. The zero-order valence-corrected chi connectivity index (χ0v) is 16.8. The van der Waals surface area contributed by atoms with Crippen molar-refractivity contribution in [3.63, 3.8) is 0 Å². The van der Waals surface area contributed by atoms with Crippen molar-refractivity contribution in [2.24, 2.45) is 0 Å². The van der Waals surface area contributed by atoms with Gasteiger partial charge < -0.3 is 9.64 Å². The third kappa shape index (κ3) is 4.14. The molecule has 1 atom stereocenters. The molecular formula is C24H25N3O2. The van der Waals surface area contributed by atoms with Gasteiger partial charge in [0.05, 0.1) is 7.11 Å². The summed E-state index contributed by atoms with van der Waals surface area (Å²) in [6, 6.07) is 17.6. The number of anilines is 1. The summed E-state index contributed by atoms with van der Waals surface area (Å²) in [4.78, 5) is 24.1. The largest absolute Gasteiger partial charge is 0.497 e. The van der Waals surface area contributed by atoms with Gasteiger partial charge in [-0.15, -0.1) is 0 Å². The Hall–Kier alpha value is -3.21. The van der Waals surface area contributed by atoms with E-state index in [1.165, 1.54) is 5.56 Å². The van der Waals surface area contributed by atoms with E-state index in [2.05, 4.69) is 22.0 Å². The molecule has 0 aliphatic carbocycles. The van der Waals surface area contributed by atoms with Crippen molar-refractivity contribution in [1.29, 1.82) is 0 Å². The highest BCUT2D eigenvalue weighted by Crippen LogP contribution is 2.30. The van der Waals surface area contributed by atoms with Gasteiger partial charge in [-0.1, -0.05) is 18.2 Å². The third-order valence-corrected chi connectivity index (χ3v) is 5.55. The predicted octanol–water partition coefficient (Wildman–Crippen LogP) is 4.41. The van der Waals surface area contributed by atoms with E-state index in [4.69, 9.17) is 9.72 Å². The smallest absolute Gasteiger partial charge is 0.213 e. The van der Waals surface area contributed by atoms with Crippen LogP contribution in [0.5, 0.6) is 5.75 Å². The van der Waals surface area contributed by atoms with E-state index in [9.17, 15) is 4.79 Å². The fourth-order valence-electron chi connectivity index (χ4n) is 3.92. The molecule has 0 N–H and O–H groups in total. The number of pyridine rings is 2. The number of benzene rings is 1. The first-order chi connectivity index (χ1) is 14.2. The quantitative estimate of drug-likeness (QED) is 0.607. The van der Waals surface area contributed by atoms with E-state index in [0.717, 1.165) is 43.2 Å². The Morgan fingerprint density at radius 2 is 1.93 bits per heavy atom. The SMILES string of the molecule is COc1ccc(C2CCCN(c3cccc(C(=O)c4cccnc4C)n3)C2)cc1. The highest BCUT2D eigenvalue weighted by atomic mass is 16.5. The number of hydrogen-bond acceptors (Lipinski definition) is 5. The Labute approximate surface area is 171 Å². The van der Waals surface area contributed by atoms with E-state index in [-0.39, 0.29) is 5.78 Å². The summed E-state index contributed by atoms with van der Waals surface area (Å²) in [6.07, 6.45) is 3.94. The molecular weight excluding hydrogens is 362 g/mol. The van der Waals surface area contributed by atoms with Gasteiger partial charge in [0.1, 0.15) is 17.3 Å². The summed E-state index contributed by atoms with van der Waals surface area (Å²) in [5.74, 6) is 2.09. The van der Waals surface area contributed by atoms with Crippen LogP contribution < -0.4 is 9.64 Å². The minimum absolute atomic E-state index is 0.0823. The molecule has 3 heterocycles. The van der Waals surface area contributed by atoms with Gasteiger partial charge in [0.2, 0.25) is 5.78 Å². The second kappa shape index (κ2) is 8.43. The molecule has 5 nitrogen and oxygen atoms in total. The van der Waals surface area contributed by atoms with Gasteiger partial charge in [-0.25, -0.2) is 4.98 Å². The highest BCUT2D eigenvalue weighted by molar-refractivity contribution is 6.08. The minimum Gasteiger partial charge on any atom is -0.497 e. The van der Waals surface area contributed by atoms with Crippen LogP contribution in [0, 0.1) is 6.92 Å². The lowest BCUT2D eigenvalue weighted by Gasteiger charge is -2.34. The molecule has 1 unspecified atom stereocenters. The van der Waals surface area contributed by atoms with Crippen molar-refractivity contribution in [1.82, 2.24) is 9.97 Å². The van der Waals surface area contributed by atoms with Crippen LogP contribution >= 0.6 is 0 Å². The minimum atomic E-state index is -0.0823. The molecule has 0 saturated carbocycles. The van der Waals surface area contributed by atoms with Crippen molar-refractivity contribution in [2.75, 3.05) is 25.1 Å². The first-order valence-corrected chi connectivity index (χ1v) is 9.98. The molecule has 0 amide bonds. The summed E-state index contributed by atoms with van der Waals surface area (Å²) in [7, 11) is 1.68. The van der Waals surface area contributed by atoms with Gasteiger partial charge in [0, 0.05) is 36.5 Å². The molecule has 5 heteroatoms.